The van der Waals surface area contributed by atoms with Crippen LogP contribution in [0.2, 0.25) is 0 Å². The van der Waals surface area contributed by atoms with Gasteiger partial charge < -0.3 is 15.7 Å². The van der Waals surface area contributed by atoms with Crippen molar-refractivity contribution < 1.29 is 32.7 Å². The van der Waals surface area contributed by atoms with Crippen LogP contribution in [-0.2, 0) is 20.9 Å². The summed E-state index contributed by atoms with van der Waals surface area (Å²) < 4.78 is 39.6. The van der Waals surface area contributed by atoms with E-state index in [1.54, 1.807) is 30.3 Å². The summed E-state index contributed by atoms with van der Waals surface area (Å²) in [6, 6.07) is 9.47. The fourth-order valence-electron chi connectivity index (χ4n) is 2.98. The first-order valence-corrected chi connectivity index (χ1v) is 9.57. The Morgan fingerprint density at radius 3 is 2.22 bits per heavy atom. The van der Waals surface area contributed by atoms with E-state index in [0.29, 0.717) is 5.56 Å². The molecule has 0 aliphatic rings. The molecule has 0 fully saturated rings. The summed E-state index contributed by atoms with van der Waals surface area (Å²) in [5.41, 5.74) is -0.0125. The van der Waals surface area contributed by atoms with Crippen LogP contribution in [0.1, 0.15) is 13.8 Å². The van der Waals surface area contributed by atoms with Gasteiger partial charge in [0, 0.05) is 0 Å². The Morgan fingerprint density at radius 2 is 1.69 bits per heavy atom. The van der Waals surface area contributed by atoms with Crippen LogP contribution < -0.4 is 16.2 Å². The molecule has 0 bridgehead atoms. The zero-order valence-electron chi connectivity index (χ0n) is 17.3. The molecule has 11 heteroatoms. The number of pyridine rings is 1. The number of carboxylic acids is 1. The first-order valence-electron chi connectivity index (χ1n) is 9.57. The highest BCUT2D eigenvalue weighted by molar-refractivity contribution is 5.93. The van der Waals surface area contributed by atoms with Crippen molar-refractivity contribution in [1.82, 2.24) is 9.88 Å². The minimum atomic E-state index is -5.13. The molecule has 1 aromatic heterocycles. The highest BCUT2D eigenvalue weighted by Crippen LogP contribution is 2.22. The van der Waals surface area contributed by atoms with Crippen molar-refractivity contribution in [3.63, 3.8) is 0 Å². The van der Waals surface area contributed by atoms with Gasteiger partial charge in [0.15, 0.2) is 0 Å². The van der Waals surface area contributed by atoms with Gasteiger partial charge in [0.1, 0.15) is 18.8 Å². The number of nitrogens with one attached hydrogen (secondary N) is 2. The fourth-order valence-corrected chi connectivity index (χ4v) is 2.98. The molecule has 1 unspecified atom stereocenters. The number of aliphatic carboxylic acids is 1. The summed E-state index contributed by atoms with van der Waals surface area (Å²) >= 11 is 0. The predicted octanol–water partition coefficient (Wildman–Crippen LogP) is 2.28. The molecule has 0 aliphatic heterocycles. The van der Waals surface area contributed by atoms with Gasteiger partial charge in [-0.3, -0.25) is 23.7 Å². The number of amides is 1. The average Bonchev–Trinajstić information content (AvgIpc) is 2.71. The minimum absolute atomic E-state index is 0.105. The number of ketones is 1. The van der Waals surface area contributed by atoms with Gasteiger partial charge in [-0.15, -0.1) is 0 Å². The maximum Gasteiger partial charge on any atom is 0.452 e. The lowest BCUT2D eigenvalue weighted by Gasteiger charge is -2.23. The molecule has 8 nitrogen and oxygen atoms in total. The molecular formula is C21H22F3N3O5. The molecule has 1 atom stereocenters. The van der Waals surface area contributed by atoms with Crippen molar-refractivity contribution in [3.8, 4) is 11.3 Å². The van der Waals surface area contributed by atoms with E-state index < -0.39 is 54.4 Å². The smallest absolute Gasteiger partial charge is 0.452 e. The maximum absolute atomic E-state index is 12.9. The van der Waals surface area contributed by atoms with Gasteiger partial charge in [-0.1, -0.05) is 44.2 Å². The van der Waals surface area contributed by atoms with Crippen LogP contribution in [0.4, 0.5) is 18.9 Å². The number of halogens is 3. The van der Waals surface area contributed by atoms with E-state index in [1.165, 1.54) is 26.0 Å². The Labute approximate surface area is 181 Å². The number of Topliss-reactive ketones (excluding diaryl/α,β-unsaturated/α-hetero) is 1. The van der Waals surface area contributed by atoms with Crippen LogP contribution in [0.15, 0.2) is 47.3 Å². The zero-order chi connectivity index (χ0) is 24.1. The molecule has 1 amide bonds. The number of carbonyl (C=O) groups excluding carboxylic acids is 2. The number of anilines is 1. The highest BCUT2D eigenvalue weighted by atomic mass is 19.4. The van der Waals surface area contributed by atoms with Crippen molar-refractivity contribution in [3.05, 3.63) is 52.8 Å². The van der Waals surface area contributed by atoms with E-state index in [-0.39, 0.29) is 11.4 Å². The second-order valence-electron chi connectivity index (χ2n) is 7.29. The molecule has 0 saturated carbocycles. The van der Waals surface area contributed by atoms with Gasteiger partial charge in [0.25, 0.3) is 11.3 Å². The molecule has 0 spiro atoms. The monoisotopic (exact) mass is 453 g/mol. The van der Waals surface area contributed by atoms with Crippen molar-refractivity contribution in [2.24, 2.45) is 5.92 Å². The molecule has 172 valence electrons. The molecule has 2 rings (SSSR count). The van der Waals surface area contributed by atoms with Gasteiger partial charge in [0.2, 0.25) is 5.91 Å². The quantitative estimate of drug-likeness (QED) is 0.536. The molecule has 0 aliphatic carbocycles. The van der Waals surface area contributed by atoms with Gasteiger partial charge >= 0.3 is 12.1 Å². The number of aromatic nitrogens is 1. The Bertz CT molecular complexity index is 1050. The Morgan fingerprint density at radius 1 is 1.06 bits per heavy atom. The van der Waals surface area contributed by atoms with Crippen LogP contribution in [-0.4, -0.2) is 46.1 Å². The third kappa shape index (κ3) is 6.19. The van der Waals surface area contributed by atoms with Gasteiger partial charge in [-0.2, -0.15) is 13.2 Å². The van der Waals surface area contributed by atoms with Crippen LogP contribution in [0.5, 0.6) is 0 Å². The Balaban J connectivity index is 2.41. The number of benzene rings is 1. The van der Waals surface area contributed by atoms with Crippen molar-refractivity contribution in [2.45, 2.75) is 32.6 Å². The molecular weight excluding hydrogens is 431 g/mol. The normalized spacial score (nSPS) is 12.3. The summed E-state index contributed by atoms with van der Waals surface area (Å²) in [6.45, 7) is 1.47. The van der Waals surface area contributed by atoms with E-state index in [2.05, 4.69) is 10.6 Å². The molecule has 2 aromatic rings. The molecule has 1 aromatic carbocycles. The van der Waals surface area contributed by atoms with E-state index in [4.69, 9.17) is 5.11 Å². The highest BCUT2D eigenvalue weighted by Gasteiger charge is 2.45. The maximum atomic E-state index is 12.9. The van der Waals surface area contributed by atoms with Gasteiger partial charge in [-0.05, 0) is 23.6 Å². The first kappa shape index (κ1) is 24.6. The number of rotatable bonds is 9. The summed E-state index contributed by atoms with van der Waals surface area (Å²) in [5, 5.41) is 13.3. The third-order valence-corrected chi connectivity index (χ3v) is 4.52. The summed E-state index contributed by atoms with van der Waals surface area (Å²) in [6.07, 6.45) is -5.13. The van der Waals surface area contributed by atoms with Crippen LogP contribution in [0.25, 0.3) is 11.3 Å². The lowest BCUT2D eigenvalue weighted by molar-refractivity contribution is -0.174. The number of carbonyl (C=O) groups is 3. The zero-order valence-corrected chi connectivity index (χ0v) is 17.3. The number of alkyl halides is 3. The molecule has 0 radical (unpaired) electrons. The topological polar surface area (TPSA) is 118 Å². The largest absolute Gasteiger partial charge is 0.480 e. The van der Waals surface area contributed by atoms with Gasteiger partial charge in [0.05, 0.1) is 11.7 Å². The van der Waals surface area contributed by atoms with Crippen molar-refractivity contribution in [1.29, 1.82) is 0 Å². The van der Waals surface area contributed by atoms with E-state index in [1.807, 2.05) is 0 Å². The van der Waals surface area contributed by atoms with E-state index in [0.717, 1.165) is 4.57 Å². The van der Waals surface area contributed by atoms with Crippen LogP contribution in [0, 0.1) is 5.92 Å². The number of hydrogen-bond donors (Lipinski definition) is 3. The summed E-state index contributed by atoms with van der Waals surface area (Å²) in [4.78, 5) is 48.0. The number of carboxylic acid groups (broad SMARTS) is 1. The molecule has 0 saturated heterocycles. The summed E-state index contributed by atoms with van der Waals surface area (Å²) in [7, 11) is 0. The van der Waals surface area contributed by atoms with Crippen LogP contribution >= 0.6 is 0 Å². The second-order valence-corrected chi connectivity index (χ2v) is 7.29. The minimum Gasteiger partial charge on any atom is -0.480 e. The van der Waals surface area contributed by atoms with Crippen LogP contribution in [0.3, 0.4) is 0 Å². The lowest BCUT2D eigenvalue weighted by Crippen LogP contribution is -2.50. The fraction of sp³-hybridized carbons (Fsp3) is 0.333. The standard InChI is InChI=1S/C21H22F3N3O5/c1-12(2)18(19(31)21(22,23)24)26-16(28)11-27-15(13-6-4-3-5-7-13)9-8-14(20(27)32)25-10-17(29)30/h3-9,12,18,25H,10-11H2,1-2H3,(H,26,28)(H,29,30). The van der Waals surface area contributed by atoms with E-state index >= 15 is 0 Å². The molecule has 3 N–H and O–H groups in total. The second kappa shape index (κ2) is 10.1. The summed E-state index contributed by atoms with van der Waals surface area (Å²) in [5.74, 6) is -5.13. The Hall–Kier alpha value is -3.63. The first-order chi connectivity index (χ1) is 14.9. The SMILES string of the molecule is CC(C)C(NC(=O)Cn1c(-c2ccccc2)ccc(NCC(=O)O)c1=O)C(=O)C(F)(F)F. The van der Waals surface area contributed by atoms with Gasteiger partial charge in [-0.25, -0.2) is 0 Å². The molecule has 32 heavy (non-hydrogen) atoms. The predicted molar refractivity (Wildman–Crippen MR) is 110 cm³/mol. The number of nitrogens with zero attached hydrogens (tertiary/aromatic N) is 1. The van der Waals surface area contributed by atoms with Crippen molar-refractivity contribution in [2.75, 3.05) is 11.9 Å². The lowest BCUT2D eigenvalue weighted by atomic mass is 9.99. The molecule has 1 heterocycles. The Kier molecular flexibility index (Phi) is 7.79. The van der Waals surface area contributed by atoms with E-state index in [9.17, 15) is 32.3 Å². The average molecular weight is 453 g/mol. The third-order valence-electron chi connectivity index (χ3n) is 4.52. The van der Waals surface area contributed by atoms with Crippen molar-refractivity contribution >= 4 is 23.3 Å². The number of hydrogen-bond acceptors (Lipinski definition) is 5.